The Morgan fingerprint density at radius 2 is 1.81 bits per heavy atom. The predicted octanol–water partition coefficient (Wildman–Crippen LogP) is 4.42. The van der Waals surface area contributed by atoms with Crippen LogP contribution in [0, 0.1) is 13.8 Å². The summed E-state index contributed by atoms with van der Waals surface area (Å²) in [4.78, 5) is 12.3. The van der Waals surface area contributed by atoms with Gasteiger partial charge in [-0.1, -0.05) is 29.8 Å². The zero-order valence-electron chi connectivity index (χ0n) is 15.4. The standard InChI is InChI=1S/C20H25ClN2O3/c1-4-25-11-12-26-20-16(21)8-6-10-18(20)22-13-19(24)23-17-9-5-7-14(2)15(17)3/h5-10,22H,4,11-13H2,1-3H3,(H,23,24). The molecule has 0 heterocycles. The second-order valence-electron chi connectivity index (χ2n) is 5.81. The number of aryl methyl sites for hydroxylation is 1. The first-order valence-corrected chi connectivity index (χ1v) is 8.99. The zero-order valence-corrected chi connectivity index (χ0v) is 16.2. The zero-order chi connectivity index (χ0) is 18.9. The minimum Gasteiger partial charge on any atom is -0.487 e. The Hall–Kier alpha value is -2.24. The molecule has 0 bridgehead atoms. The van der Waals surface area contributed by atoms with Crippen molar-refractivity contribution in [1.29, 1.82) is 0 Å². The highest BCUT2D eigenvalue weighted by Crippen LogP contribution is 2.32. The van der Waals surface area contributed by atoms with E-state index in [1.165, 1.54) is 0 Å². The molecule has 2 rings (SSSR count). The first kappa shape index (κ1) is 20.1. The van der Waals surface area contributed by atoms with Gasteiger partial charge in [0.05, 0.1) is 23.9 Å². The van der Waals surface area contributed by atoms with Crippen LogP contribution in [0.15, 0.2) is 36.4 Å². The predicted molar refractivity (Wildman–Crippen MR) is 106 cm³/mol. The van der Waals surface area contributed by atoms with Crippen molar-refractivity contribution >= 4 is 28.9 Å². The molecule has 5 nitrogen and oxygen atoms in total. The SMILES string of the molecule is CCOCCOc1c(Cl)cccc1NCC(=O)Nc1cccc(C)c1C. The first-order chi connectivity index (χ1) is 12.5. The number of para-hydroxylation sites is 1. The molecular formula is C20H25ClN2O3. The van der Waals surface area contributed by atoms with Crippen molar-refractivity contribution in [3.05, 3.63) is 52.5 Å². The average Bonchev–Trinajstić information content (AvgIpc) is 2.62. The lowest BCUT2D eigenvalue weighted by molar-refractivity contribution is -0.114. The van der Waals surface area contributed by atoms with Gasteiger partial charge in [0.25, 0.3) is 0 Å². The number of hydrogen-bond acceptors (Lipinski definition) is 4. The van der Waals surface area contributed by atoms with Crippen LogP contribution in [0.1, 0.15) is 18.1 Å². The van der Waals surface area contributed by atoms with E-state index < -0.39 is 0 Å². The molecule has 2 N–H and O–H groups in total. The Morgan fingerprint density at radius 1 is 1.08 bits per heavy atom. The normalized spacial score (nSPS) is 10.5. The summed E-state index contributed by atoms with van der Waals surface area (Å²) in [5.41, 5.74) is 3.68. The van der Waals surface area contributed by atoms with Gasteiger partial charge in [-0.3, -0.25) is 4.79 Å². The van der Waals surface area contributed by atoms with Gasteiger partial charge < -0.3 is 20.1 Å². The van der Waals surface area contributed by atoms with E-state index in [1.54, 1.807) is 6.07 Å². The molecule has 140 valence electrons. The lowest BCUT2D eigenvalue weighted by Gasteiger charge is -2.15. The minimum atomic E-state index is -0.140. The maximum atomic E-state index is 12.3. The molecule has 0 aromatic heterocycles. The number of carbonyl (C=O) groups excluding carboxylic acids is 1. The van der Waals surface area contributed by atoms with E-state index in [9.17, 15) is 4.79 Å². The van der Waals surface area contributed by atoms with Crippen molar-refractivity contribution in [2.75, 3.05) is 37.0 Å². The third-order valence-electron chi connectivity index (χ3n) is 3.96. The van der Waals surface area contributed by atoms with Gasteiger partial charge in [0.2, 0.25) is 5.91 Å². The van der Waals surface area contributed by atoms with Gasteiger partial charge in [0.1, 0.15) is 6.61 Å². The summed E-state index contributed by atoms with van der Waals surface area (Å²) in [5, 5.41) is 6.49. The number of benzene rings is 2. The van der Waals surface area contributed by atoms with E-state index >= 15 is 0 Å². The molecule has 2 aromatic carbocycles. The summed E-state index contributed by atoms with van der Waals surface area (Å²) in [6.07, 6.45) is 0. The van der Waals surface area contributed by atoms with Crippen molar-refractivity contribution in [3.8, 4) is 5.75 Å². The molecule has 0 unspecified atom stereocenters. The van der Waals surface area contributed by atoms with Gasteiger partial charge in [-0.2, -0.15) is 0 Å². The topological polar surface area (TPSA) is 59.6 Å². The third kappa shape index (κ3) is 5.64. The highest BCUT2D eigenvalue weighted by molar-refractivity contribution is 6.32. The Morgan fingerprint density at radius 3 is 2.58 bits per heavy atom. The number of nitrogens with one attached hydrogen (secondary N) is 2. The van der Waals surface area contributed by atoms with Crippen LogP contribution >= 0.6 is 11.6 Å². The van der Waals surface area contributed by atoms with Crippen LogP contribution in [0.25, 0.3) is 0 Å². The second kappa shape index (κ2) is 10.0. The smallest absolute Gasteiger partial charge is 0.243 e. The largest absolute Gasteiger partial charge is 0.487 e. The van der Waals surface area contributed by atoms with E-state index in [4.69, 9.17) is 21.1 Å². The van der Waals surface area contributed by atoms with Crippen LogP contribution in [0.3, 0.4) is 0 Å². The summed E-state index contributed by atoms with van der Waals surface area (Å²) in [6, 6.07) is 11.2. The molecule has 1 amide bonds. The quantitative estimate of drug-likeness (QED) is 0.636. The molecule has 0 aliphatic carbocycles. The molecule has 0 spiro atoms. The monoisotopic (exact) mass is 376 g/mol. The molecule has 0 fully saturated rings. The highest BCUT2D eigenvalue weighted by Gasteiger charge is 2.11. The van der Waals surface area contributed by atoms with Crippen molar-refractivity contribution in [1.82, 2.24) is 0 Å². The summed E-state index contributed by atoms with van der Waals surface area (Å²) >= 11 is 6.22. The molecule has 6 heteroatoms. The number of anilines is 2. The summed E-state index contributed by atoms with van der Waals surface area (Å²) in [7, 11) is 0. The van der Waals surface area contributed by atoms with E-state index in [0.29, 0.717) is 36.3 Å². The van der Waals surface area contributed by atoms with Crippen molar-refractivity contribution < 1.29 is 14.3 Å². The Balaban J connectivity index is 1.96. The van der Waals surface area contributed by atoms with E-state index in [0.717, 1.165) is 16.8 Å². The molecule has 0 radical (unpaired) electrons. The van der Waals surface area contributed by atoms with Crippen LogP contribution in [0.2, 0.25) is 5.02 Å². The number of rotatable bonds is 9. The van der Waals surface area contributed by atoms with Crippen molar-refractivity contribution in [3.63, 3.8) is 0 Å². The number of carbonyl (C=O) groups is 1. The maximum absolute atomic E-state index is 12.3. The molecule has 0 saturated carbocycles. The van der Waals surface area contributed by atoms with Crippen molar-refractivity contribution in [2.24, 2.45) is 0 Å². The lowest BCUT2D eigenvalue weighted by atomic mass is 10.1. The number of hydrogen-bond donors (Lipinski definition) is 2. The van der Waals surface area contributed by atoms with Crippen LogP contribution in [-0.2, 0) is 9.53 Å². The fraction of sp³-hybridized carbons (Fsp3) is 0.350. The summed E-state index contributed by atoms with van der Waals surface area (Å²) in [6.45, 7) is 7.54. The fourth-order valence-electron chi connectivity index (χ4n) is 2.40. The van der Waals surface area contributed by atoms with Crippen molar-refractivity contribution in [2.45, 2.75) is 20.8 Å². The fourth-order valence-corrected chi connectivity index (χ4v) is 2.63. The number of ether oxygens (including phenoxy) is 2. The Labute approximate surface area is 159 Å². The van der Waals surface area contributed by atoms with Gasteiger partial charge in [-0.05, 0) is 50.1 Å². The van der Waals surface area contributed by atoms with E-state index in [1.807, 2.05) is 51.1 Å². The van der Waals surface area contributed by atoms with E-state index in [2.05, 4.69) is 10.6 Å². The maximum Gasteiger partial charge on any atom is 0.243 e. The van der Waals surface area contributed by atoms with E-state index in [-0.39, 0.29) is 12.5 Å². The summed E-state index contributed by atoms with van der Waals surface area (Å²) in [5.74, 6) is 0.382. The molecule has 0 aliphatic rings. The van der Waals surface area contributed by atoms with Crippen LogP contribution < -0.4 is 15.4 Å². The molecule has 26 heavy (non-hydrogen) atoms. The molecular weight excluding hydrogens is 352 g/mol. The van der Waals surface area contributed by atoms with Crippen LogP contribution in [0.5, 0.6) is 5.75 Å². The second-order valence-corrected chi connectivity index (χ2v) is 6.22. The Kier molecular flexibility index (Phi) is 7.75. The van der Waals surface area contributed by atoms with Crippen LogP contribution in [-0.4, -0.2) is 32.3 Å². The minimum absolute atomic E-state index is 0.107. The van der Waals surface area contributed by atoms with Gasteiger partial charge in [0.15, 0.2) is 5.75 Å². The third-order valence-corrected chi connectivity index (χ3v) is 4.26. The number of amides is 1. The van der Waals surface area contributed by atoms with Gasteiger partial charge in [-0.25, -0.2) is 0 Å². The molecule has 0 saturated heterocycles. The molecule has 2 aromatic rings. The summed E-state index contributed by atoms with van der Waals surface area (Å²) < 4.78 is 11.0. The van der Waals surface area contributed by atoms with Gasteiger partial charge in [-0.15, -0.1) is 0 Å². The van der Waals surface area contributed by atoms with Crippen LogP contribution in [0.4, 0.5) is 11.4 Å². The molecule has 0 aliphatic heterocycles. The first-order valence-electron chi connectivity index (χ1n) is 8.62. The molecule has 0 atom stereocenters. The Bertz CT molecular complexity index is 750. The highest BCUT2D eigenvalue weighted by atomic mass is 35.5. The number of halogens is 1. The average molecular weight is 377 g/mol. The van der Waals surface area contributed by atoms with Gasteiger partial charge in [0, 0.05) is 12.3 Å². The lowest BCUT2D eigenvalue weighted by Crippen LogP contribution is -2.22. The van der Waals surface area contributed by atoms with Gasteiger partial charge >= 0.3 is 0 Å².